The molecular formula is C25H20O4. The van der Waals surface area contributed by atoms with Crippen molar-refractivity contribution in [1.82, 2.24) is 0 Å². The zero-order valence-corrected chi connectivity index (χ0v) is 16.3. The zero-order valence-electron chi connectivity index (χ0n) is 16.3. The Kier molecular flexibility index (Phi) is 5.00. The van der Waals surface area contributed by atoms with Gasteiger partial charge in [0, 0.05) is 5.56 Å². The van der Waals surface area contributed by atoms with Gasteiger partial charge in [0.05, 0.1) is 10.9 Å². The van der Waals surface area contributed by atoms with E-state index in [2.05, 4.69) is 0 Å². The van der Waals surface area contributed by atoms with E-state index in [-0.39, 0.29) is 16.9 Å². The molecule has 0 unspecified atom stereocenters. The molecule has 0 bridgehead atoms. The Morgan fingerprint density at radius 1 is 0.966 bits per heavy atom. The summed E-state index contributed by atoms with van der Waals surface area (Å²) in [5, 5.41) is 0.399. The molecule has 0 amide bonds. The first kappa shape index (κ1) is 18.7. The van der Waals surface area contributed by atoms with Gasteiger partial charge in [-0.3, -0.25) is 4.79 Å². The van der Waals surface area contributed by atoms with Gasteiger partial charge in [-0.1, -0.05) is 61.0 Å². The van der Waals surface area contributed by atoms with Crippen molar-refractivity contribution in [3.8, 4) is 17.1 Å². The SMILES string of the molecule is CCc1ccc2oc(-c3ccccc3)c(OC(=O)c3ccc(C)cc3)c(=O)c2c1. The molecule has 144 valence electrons. The molecule has 4 aromatic rings. The van der Waals surface area contributed by atoms with Gasteiger partial charge < -0.3 is 9.15 Å². The summed E-state index contributed by atoms with van der Waals surface area (Å²) in [5.74, 6) is -0.448. The fraction of sp³-hybridized carbons (Fsp3) is 0.120. The van der Waals surface area contributed by atoms with E-state index in [0.717, 1.165) is 17.5 Å². The van der Waals surface area contributed by atoms with E-state index in [1.807, 2.05) is 62.4 Å². The number of esters is 1. The molecule has 0 aliphatic rings. The van der Waals surface area contributed by atoms with Crippen molar-refractivity contribution in [1.29, 1.82) is 0 Å². The lowest BCUT2D eigenvalue weighted by atomic mass is 10.1. The average molecular weight is 384 g/mol. The molecule has 4 nitrogen and oxygen atoms in total. The highest BCUT2D eigenvalue weighted by molar-refractivity contribution is 5.93. The molecule has 0 aliphatic heterocycles. The first-order valence-electron chi connectivity index (χ1n) is 9.51. The van der Waals surface area contributed by atoms with Gasteiger partial charge in [-0.2, -0.15) is 0 Å². The standard InChI is InChI=1S/C25H20O4/c1-3-17-11-14-21-20(15-17)22(26)24(23(28-21)18-7-5-4-6-8-18)29-25(27)19-12-9-16(2)10-13-19/h4-15H,3H2,1-2H3. The minimum atomic E-state index is -0.597. The summed E-state index contributed by atoms with van der Waals surface area (Å²) in [4.78, 5) is 26.0. The Hall–Kier alpha value is -3.66. The zero-order chi connectivity index (χ0) is 20.4. The van der Waals surface area contributed by atoms with E-state index in [1.54, 1.807) is 24.3 Å². The molecule has 1 aromatic heterocycles. The molecule has 0 aliphatic carbocycles. The Morgan fingerprint density at radius 3 is 2.38 bits per heavy atom. The first-order chi connectivity index (χ1) is 14.1. The van der Waals surface area contributed by atoms with Gasteiger partial charge in [0.1, 0.15) is 5.58 Å². The molecule has 1 heterocycles. The van der Waals surface area contributed by atoms with Crippen LogP contribution < -0.4 is 10.2 Å². The number of hydrogen-bond donors (Lipinski definition) is 0. The lowest BCUT2D eigenvalue weighted by Crippen LogP contribution is -2.16. The predicted octanol–water partition coefficient (Wildman–Crippen LogP) is 5.55. The third-order valence-corrected chi connectivity index (χ3v) is 4.84. The molecule has 0 N–H and O–H groups in total. The van der Waals surface area contributed by atoms with Crippen LogP contribution >= 0.6 is 0 Å². The molecule has 4 rings (SSSR count). The van der Waals surface area contributed by atoms with Crippen molar-refractivity contribution < 1.29 is 13.9 Å². The lowest BCUT2D eigenvalue weighted by Gasteiger charge is -2.11. The maximum atomic E-state index is 13.3. The van der Waals surface area contributed by atoms with E-state index in [4.69, 9.17) is 9.15 Å². The smallest absolute Gasteiger partial charge is 0.343 e. The van der Waals surface area contributed by atoms with Crippen LogP contribution in [0.1, 0.15) is 28.4 Å². The summed E-state index contributed by atoms with van der Waals surface area (Å²) in [6.45, 7) is 3.95. The quantitative estimate of drug-likeness (QED) is 0.433. The highest BCUT2D eigenvalue weighted by Crippen LogP contribution is 2.31. The maximum Gasteiger partial charge on any atom is 0.343 e. The second kappa shape index (κ2) is 7.76. The Bertz CT molecular complexity index is 1240. The van der Waals surface area contributed by atoms with Crippen LogP contribution in [-0.4, -0.2) is 5.97 Å². The van der Waals surface area contributed by atoms with Crippen molar-refractivity contribution in [2.45, 2.75) is 20.3 Å². The fourth-order valence-corrected chi connectivity index (χ4v) is 3.16. The molecule has 4 heteroatoms. The highest BCUT2D eigenvalue weighted by Gasteiger charge is 2.21. The summed E-state index contributed by atoms with van der Waals surface area (Å²) in [6, 6.07) is 21.7. The van der Waals surface area contributed by atoms with Crippen LogP contribution in [0.25, 0.3) is 22.3 Å². The number of fused-ring (bicyclic) bond motifs is 1. The fourth-order valence-electron chi connectivity index (χ4n) is 3.16. The first-order valence-corrected chi connectivity index (χ1v) is 9.51. The van der Waals surface area contributed by atoms with Gasteiger partial charge in [0.25, 0.3) is 0 Å². The van der Waals surface area contributed by atoms with Gasteiger partial charge in [-0.25, -0.2) is 4.79 Å². The van der Waals surface area contributed by atoms with E-state index < -0.39 is 5.97 Å². The molecule has 29 heavy (non-hydrogen) atoms. The second-order valence-corrected chi connectivity index (χ2v) is 6.90. The van der Waals surface area contributed by atoms with Gasteiger partial charge in [-0.05, 0) is 43.2 Å². The van der Waals surface area contributed by atoms with Crippen LogP contribution in [0.3, 0.4) is 0 Å². The summed E-state index contributed by atoms with van der Waals surface area (Å²) in [6.07, 6.45) is 0.786. The third kappa shape index (κ3) is 3.69. The molecule has 0 spiro atoms. The van der Waals surface area contributed by atoms with Gasteiger partial charge in [0.15, 0.2) is 5.76 Å². The molecule has 0 saturated heterocycles. The maximum absolute atomic E-state index is 13.3. The second-order valence-electron chi connectivity index (χ2n) is 6.90. The Morgan fingerprint density at radius 2 is 1.69 bits per heavy atom. The van der Waals surface area contributed by atoms with Crippen LogP contribution in [0.4, 0.5) is 0 Å². The number of aryl methyl sites for hydroxylation is 2. The predicted molar refractivity (Wildman–Crippen MR) is 113 cm³/mol. The van der Waals surface area contributed by atoms with Crippen molar-refractivity contribution >= 4 is 16.9 Å². The Balaban J connectivity index is 1.89. The number of carbonyl (C=O) groups excluding carboxylic acids is 1. The molecule has 3 aromatic carbocycles. The van der Waals surface area contributed by atoms with Crippen molar-refractivity contribution in [2.75, 3.05) is 0 Å². The monoisotopic (exact) mass is 384 g/mol. The van der Waals surface area contributed by atoms with Crippen LogP contribution in [0.15, 0.2) is 82.0 Å². The largest absolute Gasteiger partial charge is 0.452 e. The molecule has 0 atom stereocenters. The van der Waals surface area contributed by atoms with E-state index >= 15 is 0 Å². The summed E-state index contributed by atoms with van der Waals surface area (Å²) in [5.41, 5.74) is 3.17. The number of rotatable bonds is 4. The summed E-state index contributed by atoms with van der Waals surface area (Å²) >= 11 is 0. The average Bonchev–Trinajstić information content (AvgIpc) is 2.76. The summed E-state index contributed by atoms with van der Waals surface area (Å²) in [7, 11) is 0. The Labute approximate surface area is 168 Å². The highest BCUT2D eigenvalue weighted by atomic mass is 16.5. The third-order valence-electron chi connectivity index (χ3n) is 4.84. The van der Waals surface area contributed by atoms with E-state index in [0.29, 0.717) is 22.1 Å². The van der Waals surface area contributed by atoms with E-state index in [9.17, 15) is 9.59 Å². The number of benzene rings is 3. The molecule has 0 saturated carbocycles. The van der Waals surface area contributed by atoms with Crippen molar-refractivity contribution in [3.05, 3.63) is 99.7 Å². The van der Waals surface area contributed by atoms with Gasteiger partial charge in [-0.15, -0.1) is 0 Å². The van der Waals surface area contributed by atoms with Gasteiger partial charge >= 0.3 is 5.97 Å². The van der Waals surface area contributed by atoms with Crippen LogP contribution in [0, 0.1) is 6.92 Å². The normalized spacial score (nSPS) is 10.8. The number of hydrogen-bond acceptors (Lipinski definition) is 4. The topological polar surface area (TPSA) is 56.5 Å². The van der Waals surface area contributed by atoms with Crippen LogP contribution in [0.2, 0.25) is 0 Å². The summed E-state index contributed by atoms with van der Waals surface area (Å²) < 4.78 is 11.6. The number of carbonyl (C=O) groups is 1. The van der Waals surface area contributed by atoms with Crippen LogP contribution in [-0.2, 0) is 6.42 Å². The molecular weight excluding hydrogens is 364 g/mol. The van der Waals surface area contributed by atoms with Crippen LogP contribution in [0.5, 0.6) is 5.75 Å². The minimum Gasteiger partial charge on any atom is -0.452 e. The lowest BCUT2D eigenvalue weighted by molar-refractivity contribution is 0.0731. The van der Waals surface area contributed by atoms with Crippen molar-refractivity contribution in [2.24, 2.45) is 0 Å². The van der Waals surface area contributed by atoms with Crippen molar-refractivity contribution in [3.63, 3.8) is 0 Å². The van der Waals surface area contributed by atoms with E-state index in [1.165, 1.54) is 0 Å². The minimum absolute atomic E-state index is 0.0949. The van der Waals surface area contributed by atoms with Gasteiger partial charge in [0.2, 0.25) is 11.2 Å². The molecule has 0 radical (unpaired) electrons. The number of ether oxygens (including phenoxy) is 1. The molecule has 0 fully saturated rings.